The number of carbonyl (C=O) groups excluding carboxylic acids is 1. The van der Waals surface area contributed by atoms with Gasteiger partial charge in [0.15, 0.2) is 5.16 Å². The van der Waals surface area contributed by atoms with Gasteiger partial charge in [0.25, 0.3) is 0 Å². The molecule has 1 aliphatic carbocycles. The highest BCUT2D eigenvalue weighted by atomic mass is 32.2. The summed E-state index contributed by atoms with van der Waals surface area (Å²) in [5.74, 6) is 1.85. The molecule has 1 aromatic carbocycles. The van der Waals surface area contributed by atoms with Crippen molar-refractivity contribution in [3.8, 4) is 0 Å². The quantitative estimate of drug-likeness (QED) is 0.632. The summed E-state index contributed by atoms with van der Waals surface area (Å²) in [7, 11) is 0. The third kappa shape index (κ3) is 4.12. The number of nitrogens with one attached hydrogen (secondary N) is 1. The maximum absolute atomic E-state index is 12.3. The molecule has 2 aromatic rings. The Morgan fingerprint density at radius 2 is 2.17 bits per heavy atom. The van der Waals surface area contributed by atoms with E-state index in [2.05, 4.69) is 30.7 Å². The predicted octanol–water partition coefficient (Wildman–Crippen LogP) is 4.66. The van der Waals surface area contributed by atoms with Gasteiger partial charge in [-0.2, -0.15) is 0 Å². The molecule has 3 rings (SSSR count). The average Bonchev–Trinajstić information content (AvgIpc) is 2.95. The van der Waals surface area contributed by atoms with Crippen LogP contribution >= 0.6 is 11.8 Å². The third-order valence-electron chi connectivity index (χ3n) is 4.94. The molecule has 0 spiro atoms. The van der Waals surface area contributed by atoms with Crippen molar-refractivity contribution in [3.05, 3.63) is 24.3 Å². The molecule has 1 fully saturated rings. The van der Waals surface area contributed by atoms with Crippen LogP contribution in [0.2, 0.25) is 0 Å². The lowest BCUT2D eigenvalue weighted by atomic mass is 9.75. The number of rotatable bonds is 5. The first-order chi connectivity index (χ1) is 11.5. The molecule has 130 valence electrons. The van der Waals surface area contributed by atoms with Crippen LogP contribution in [0, 0.1) is 17.8 Å². The van der Waals surface area contributed by atoms with Crippen molar-refractivity contribution in [2.45, 2.75) is 51.3 Å². The van der Waals surface area contributed by atoms with Crippen LogP contribution in [0.1, 0.15) is 40.0 Å². The van der Waals surface area contributed by atoms with Crippen LogP contribution in [0.4, 0.5) is 0 Å². The fourth-order valence-electron chi connectivity index (χ4n) is 3.58. The second-order valence-electron chi connectivity index (χ2n) is 7.20. The number of hydrogen-bond donors (Lipinski definition) is 1. The first-order valence-electron chi connectivity index (χ1n) is 8.80. The van der Waals surface area contributed by atoms with E-state index in [1.807, 2.05) is 24.3 Å². The molecule has 5 heteroatoms. The number of hydrogen-bond acceptors (Lipinski definition) is 4. The Bertz CT molecular complexity index is 664. The van der Waals surface area contributed by atoms with Crippen LogP contribution in [0.25, 0.3) is 11.0 Å². The van der Waals surface area contributed by atoms with Gasteiger partial charge < -0.3 is 9.72 Å². The normalized spacial score (nSPS) is 24.4. The molecule has 1 aliphatic rings. The minimum Gasteiger partial charge on any atom is -0.461 e. The predicted molar refractivity (Wildman–Crippen MR) is 98.0 cm³/mol. The summed E-state index contributed by atoms with van der Waals surface area (Å²) >= 11 is 1.41. The van der Waals surface area contributed by atoms with Gasteiger partial charge in [-0.15, -0.1) is 0 Å². The number of H-pyrrole nitrogens is 1. The zero-order chi connectivity index (χ0) is 17.1. The molecular formula is C19H26N2O2S. The van der Waals surface area contributed by atoms with Crippen molar-refractivity contribution in [2.75, 3.05) is 5.75 Å². The SMILES string of the molecule is CC(C)[C@@H]1CC[C@@H](C)C[C@@H]1OC(=O)CSc1nc2ccccc2[nH]1. The number of aromatic nitrogens is 2. The zero-order valence-electron chi connectivity index (χ0n) is 14.6. The largest absolute Gasteiger partial charge is 0.461 e. The Balaban J connectivity index is 1.56. The van der Waals surface area contributed by atoms with Crippen molar-refractivity contribution in [3.63, 3.8) is 0 Å². The molecule has 1 saturated carbocycles. The molecule has 0 amide bonds. The minimum atomic E-state index is -0.134. The molecule has 0 radical (unpaired) electrons. The van der Waals surface area contributed by atoms with Gasteiger partial charge in [0, 0.05) is 0 Å². The van der Waals surface area contributed by atoms with Crippen molar-refractivity contribution in [2.24, 2.45) is 17.8 Å². The lowest BCUT2D eigenvalue weighted by Crippen LogP contribution is -2.36. The van der Waals surface area contributed by atoms with Crippen LogP contribution in [0.3, 0.4) is 0 Å². The van der Waals surface area contributed by atoms with Crippen LogP contribution < -0.4 is 0 Å². The minimum absolute atomic E-state index is 0.0672. The summed E-state index contributed by atoms with van der Waals surface area (Å²) in [6.07, 6.45) is 3.46. The number of fused-ring (bicyclic) bond motifs is 1. The van der Waals surface area contributed by atoms with Crippen molar-refractivity contribution in [1.29, 1.82) is 0 Å². The molecule has 0 saturated heterocycles. The topological polar surface area (TPSA) is 55.0 Å². The molecule has 4 nitrogen and oxygen atoms in total. The van der Waals surface area contributed by atoms with Gasteiger partial charge >= 0.3 is 5.97 Å². The first-order valence-corrected chi connectivity index (χ1v) is 9.78. The Kier molecular flexibility index (Phi) is 5.49. The molecule has 1 aromatic heterocycles. The molecule has 1 heterocycles. The van der Waals surface area contributed by atoms with Crippen LogP contribution in [0.5, 0.6) is 0 Å². The summed E-state index contributed by atoms with van der Waals surface area (Å²) < 4.78 is 5.83. The fraction of sp³-hybridized carbons (Fsp3) is 0.579. The summed E-state index contributed by atoms with van der Waals surface area (Å²) in [5, 5.41) is 0.769. The Morgan fingerprint density at radius 1 is 1.38 bits per heavy atom. The molecule has 1 N–H and O–H groups in total. The van der Waals surface area contributed by atoms with E-state index < -0.39 is 0 Å². The number of thioether (sulfide) groups is 1. The van der Waals surface area contributed by atoms with Crippen LogP contribution in [-0.4, -0.2) is 27.8 Å². The van der Waals surface area contributed by atoms with Crippen molar-refractivity contribution in [1.82, 2.24) is 9.97 Å². The summed E-state index contributed by atoms with van der Waals surface area (Å²) in [5.41, 5.74) is 1.92. The number of imidazole rings is 1. The van der Waals surface area contributed by atoms with E-state index >= 15 is 0 Å². The molecule has 3 atom stereocenters. The maximum atomic E-state index is 12.3. The lowest BCUT2D eigenvalue weighted by Gasteiger charge is -2.36. The molecule has 0 bridgehead atoms. The summed E-state index contributed by atoms with van der Waals surface area (Å²) in [6, 6.07) is 7.88. The summed E-state index contributed by atoms with van der Waals surface area (Å²) in [6.45, 7) is 6.70. The van der Waals surface area contributed by atoms with Crippen LogP contribution in [-0.2, 0) is 9.53 Å². The maximum Gasteiger partial charge on any atom is 0.316 e. The van der Waals surface area contributed by atoms with Gasteiger partial charge in [0.2, 0.25) is 0 Å². The Hall–Kier alpha value is -1.49. The lowest BCUT2D eigenvalue weighted by molar-refractivity contribution is -0.152. The van der Waals surface area contributed by atoms with E-state index in [9.17, 15) is 4.79 Å². The smallest absolute Gasteiger partial charge is 0.316 e. The Morgan fingerprint density at radius 3 is 2.92 bits per heavy atom. The number of nitrogens with zero attached hydrogens (tertiary/aromatic N) is 1. The highest BCUT2D eigenvalue weighted by Crippen LogP contribution is 2.35. The average molecular weight is 346 g/mol. The monoisotopic (exact) mass is 346 g/mol. The van der Waals surface area contributed by atoms with E-state index in [1.54, 1.807) is 0 Å². The molecule has 0 unspecified atom stereocenters. The first kappa shape index (κ1) is 17.3. The second kappa shape index (κ2) is 7.60. The number of benzene rings is 1. The van der Waals surface area contributed by atoms with E-state index in [4.69, 9.17) is 4.74 Å². The highest BCUT2D eigenvalue weighted by Gasteiger charge is 2.33. The highest BCUT2D eigenvalue weighted by molar-refractivity contribution is 7.99. The van der Waals surface area contributed by atoms with E-state index in [-0.39, 0.29) is 12.1 Å². The van der Waals surface area contributed by atoms with E-state index in [1.165, 1.54) is 18.2 Å². The number of esters is 1. The number of para-hydroxylation sites is 2. The number of aromatic amines is 1. The van der Waals surface area contributed by atoms with Gasteiger partial charge in [-0.1, -0.05) is 51.1 Å². The van der Waals surface area contributed by atoms with E-state index in [0.717, 1.165) is 29.0 Å². The fourth-order valence-corrected chi connectivity index (χ4v) is 4.25. The van der Waals surface area contributed by atoms with Gasteiger partial charge in [0.1, 0.15) is 6.10 Å². The van der Waals surface area contributed by atoms with Crippen molar-refractivity contribution >= 4 is 28.8 Å². The van der Waals surface area contributed by atoms with Crippen molar-refractivity contribution < 1.29 is 9.53 Å². The number of carbonyl (C=O) groups is 1. The Labute approximate surface area is 147 Å². The molecule has 0 aliphatic heterocycles. The van der Waals surface area contributed by atoms with Crippen LogP contribution in [0.15, 0.2) is 29.4 Å². The number of ether oxygens (including phenoxy) is 1. The molecular weight excluding hydrogens is 320 g/mol. The third-order valence-corrected chi connectivity index (χ3v) is 5.79. The van der Waals surface area contributed by atoms with Gasteiger partial charge in [-0.25, -0.2) is 4.98 Å². The standard InChI is InChI=1S/C19H26N2O2S/c1-12(2)14-9-8-13(3)10-17(14)23-18(22)11-24-19-20-15-6-4-5-7-16(15)21-19/h4-7,12-14,17H,8-11H2,1-3H3,(H,20,21)/t13-,14+,17+/m1/s1. The van der Waals surface area contributed by atoms with Gasteiger partial charge in [-0.3, -0.25) is 4.79 Å². The van der Waals surface area contributed by atoms with E-state index in [0.29, 0.717) is 23.5 Å². The van der Waals surface area contributed by atoms with Gasteiger partial charge in [0.05, 0.1) is 16.8 Å². The molecule has 24 heavy (non-hydrogen) atoms. The zero-order valence-corrected chi connectivity index (χ0v) is 15.4. The second-order valence-corrected chi connectivity index (χ2v) is 8.17. The van der Waals surface area contributed by atoms with Gasteiger partial charge in [-0.05, 0) is 42.7 Å². The summed E-state index contributed by atoms with van der Waals surface area (Å²) in [4.78, 5) is 20.0.